The molecule has 0 spiro atoms. The molecule has 0 radical (unpaired) electrons. The van der Waals surface area contributed by atoms with Crippen molar-refractivity contribution >= 4 is 22.5 Å². The van der Waals surface area contributed by atoms with Crippen LogP contribution in [0, 0.1) is 5.92 Å². The van der Waals surface area contributed by atoms with E-state index in [1.54, 1.807) is 0 Å². The summed E-state index contributed by atoms with van der Waals surface area (Å²) in [4.78, 5) is 16.8. The van der Waals surface area contributed by atoms with Crippen LogP contribution in [0.3, 0.4) is 0 Å². The number of rotatable bonds is 3. The minimum absolute atomic E-state index is 0.219. The number of carbonyl (C=O) groups excluding carboxylic acids is 1. The summed E-state index contributed by atoms with van der Waals surface area (Å²) in [5.41, 5.74) is 1.99. The summed E-state index contributed by atoms with van der Waals surface area (Å²) in [6.07, 6.45) is 2.12. The number of nitrogens with zero attached hydrogens (tertiary/aromatic N) is 4. The summed E-state index contributed by atoms with van der Waals surface area (Å²) in [7, 11) is 0. The summed E-state index contributed by atoms with van der Waals surface area (Å²) in [5, 5.41) is 11.5. The van der Waals surface area contributed by atoms with Crippen molar-refractivity contribution in [2.24, 2.45) is 5.92 Å². The SMILES string of the molecule is CC1CN(C(=O)C2CC2)CCN1c1nnc(-c2ccccc2)c2ccccc12. The zero-order valence-corrected chi connectivity index (χ0v) is 16.1. The van der Waals surface area contributed by atoms with Crippen molar-refractivity contribution in [3.63, 3.8) is 0 Å². The molecule has 142 valence electrons. The molecule has 1 aromatic heterocycles. The van der Waals surface area contributed by atoms with Gasteiger partial charge < -0.3 is 9.80 Å². The Balaban J connectivity index is 1.49. The van der Waals surface area contributed by atoms with Crippen molar-refractivity contribution in [2.75, 3.05) is 24.5 Å². The Morgan fingerprint density at radius 3 is 2.36 bits per heavy atom. The molecule has 1 aliphatic carbocycles. The number of anilines is 1. The number of amides is 1. The van der Waals surface area contributed by atoms with Crippen molar-refractivity contribution < 1.29 is 4.79 Å². The molecule has 1 aliphatic heterocycles. The van der Waals surface area contributed by atoms with Crippen molar-refractivity contribution in [3.8, 4) is 11.3 Å². The lowest BCUT2D eigenvalue weighted by Crippen LogP contribution is -2.54. The normalized spacial score (nSPS) is 19.8. The fourth-order valence-electron chi connectivity index (χ4n) is 4.17. The van der Waals surface area contributed by atoms with E-state index in [9.17, 15) is 4.79 Å². The second kappa shape index (κ2) is 6.89. The molecule has 2 aliphatic rings. The Labute approximate surface area is 165 Å². The maximum absolute atomic E-state index is 12.4. The van der Waals surface area contributed by atoms with Gasteiger partial charge in [-0.15, -0.1) is 10.2 Å². The molecule has 2 aromatic carbocycles. The van der Waals surface area contributed by atoms with Crippen molar-refractivity contribution in [3.05, 3.63) is 54.6 Å². The Morgan fingerprint density at radius 2 is 1.64 bits per heavy atom. The molecule has 1 atom stereocenters. The molecule has 0 N–H and O–H groups in total. The van der Waals surface area contributed by atoms with Gasteiger partial charge in [0.05, 0.1) is 0 Å². The molecular formula is C23H24N4O. The third-order valence-corrected chi connectivity index (χ3v) is 5.85. The van der Waals surface area contributed by atoms with E-state index in [0.29, 0.717) is 5.91 Å². The summed E-state index contributed by atoms with van der Waals surface area (Å²) < 4.78 is 0. The number of hydrogen-bond acceptors (Lipinski definition) is 4. The van der Waals surface area contributed by atoms with E-state index >= 15 is 0 Å². The van der Waals surface area contributed by atoms with Crippen LogP contribution in [0.4, 0.5) is 5.82 Å². The molecule has 1 amide bonds. The van der Waals surface area contributed by atoms with Crippen LogP contribution >= 0.6 is 0 Å². The molecule has 0 bridgehead atoms. The molecule has 5 heteroatoms. The van der Waals surface area contributed by atoms with E-state index in [2.05, 4.69) is 58.4 Å². The highest BCUT2D eigenvalue weighted by Crippen LogP contribution is 2.34. The molecule has 1 unspecified atom stereocenters. The van der Waals surface area contributed by atoms with E-state index in [-0.39, 0.29) is 12.0 Å². The summed E-state index contributed by atoms with van der Waals surface area (Å²) in [5.74, 6) is 1.53. The smallest absolute Gasteiger partial charge is 0.225 e. The second-order valence-electron chi connectivity index (χ2n) is 7.88. The van der Waals surface area contributed by atoms with Crippen molar-refractivity contribution in [1.82, 2.24) is 15.1 Å². The molecule has 3 aromatic rings. The van der Waals surface area contributed by atoms with E-state index in [0.717, 1.165) is 60.3 Å². The van der Waals surface area contributed by atoms with Gasteiger partial charge in [0.1, 0.15) is 5.69 Å². The van der Waals surface area contributed by atoms with Crippen LogP contribution < -0.4 is 4.90 Å². The zero-order valence-electron chi connectivity index (χ0n) is 16.1. The van der Waals surface area contributed by atoms with Gasteiger partial charge in [0.15, 0.2) is 5.82 Å². The lowest BCUT2D eigenvalue weighted by molar-refractivity contribution is -0.133. The van der Waals surface area contributed by atoms with Crippen molar-refractivity contribution in [1.29, 1.82) is 0 Å². The molecule has 5 nitrogen and oxygen atoms in total. The largest absolute Gasteiger partial charge is 0.348 e. The topological polar surface area (TPSA) is 49.3 Å². The van der Waals surface area contributed by atoms with Crippen LogP contribution in [0.15, 0.2) is 54.6 Å². The molecule has 1 saturated carbocycles. The summed E-state index contributed by atoms with van der Waals surface area (Å²) >= 11 is 0. The van der Waals surface area contributed by atoms with E-state index < -0.39 is 0 Å². The Hall–Kier alpha value is -2.95. The second-order valence-corrected chi connectivity index (χ2v) is 7.88. The number of aromatic nitrogens is 2. The van der Waals surface area contributed by atoms with E-state index in [1.807, 2.05) is 23.1 Å². The van der Waals surface area contributed by atoms with E-state index in [4.69, 9.17) is 0 Å². The fourth-order valence-corrected chi connectivity index (χ4v) is 4.17. The highest BCUT2D eigenvalue weighted by atomic mass is 16.2. The standard InChI is InChI=1S/C23H24N4O/c1-16-15-26(23(28)18-11-12-18)13-14-27(16)22-20-10-6-5-9-19(20)21(24-25-22)17-7-3-2-4-8-17/h2-10,16,18H,11-15H2,1H3. The Bertz CT molecular complexity index is 1020. The fraction of sp³-hybridized carbons (Fsp3) is 0.348. The van der Waals surface area contributed by atoms with Gasteiger partial charge in [0.2, 0.25) is 5.91 Å². The predicted octanol–water partition coefficient (Wildman–Crippen LogP) is 3.74. The molecule has 2 fully saturated rings. The Kier molecular flexibility index (Phi) is 4.23. The summed E-state index contributed by atoms with van der Waals surface area (Å²) in [6.45, 7) is 4.48. The average molecular weight is 372 g/mol. The lowest BCUT2D eigenvalue weighted by Gasteiger charge is -2.40. The minimum atomic E-state index is 0.219. The van der Waals surface area contributed by atoms with Gasteiger partial charge in [0.25, 0.3) is 0 Å². The highest BCUT2D eigenvalue weighted by Gasteiger charge is 2.36. The highest BCUT2D eigenvalue weighted by molar-refractivity contribution is 6.00. The number of carbonyl (C=O) groups is 1. The predicted molar refractivity (Wildman–Crippen MR) is 111 cm³/mol. The monoisotopic (exact) mass is 372 g/mol. The number of benzene rings is 2. The number of hydrogen-bond donors (Lipinski definition) is 0. The van der Waals surface area contributed by atoms with E-state index in [1.165, 1.54) is 0 Å². The Morgan fingerprint density at radius 1 is 0.929 bits per heavy atom. The van der Waals surface area contributed by atoms with Gasteiger partial charge in [-0.3, -0.25) is 4.79 Å². The van der Waals surface area contributed by atoms with Crippen molar-refractivity contribution in [2.45, 2.75) is 25.8 Å². The molecule has 28 heavy (non-hydrogen) atoms. The quantitative estimate of drug-likeness (QED) is 0.703. The van der Waals surface area contributed by atoms with Gasteiger partial charge in [0, 0.05) is 47.9 Å². The molecule has 1 saturated heterocycles. The third-order valence-electron chi connectivity index (χ3n) is 5.85. The van der Waals surface area contributed by atoms with Gasteiger partial charge in [-0.05, 0) is 19.8 Å². The first-order chi connectivity index (χ1) is 13.7. The molecule has 2 heterocycles. The number of piperazine rings is 1. The van der Waals surface area contributed by atoms with Crippen LogP contribution in [-0.2, 0) is 4.79 Å². The maximum atomic E-state index is 12.4. The minimum Gasteiger partial charge on any atom is -0.348 e. The first-order valence-corrected chi connectivity index (χ1v) is 10.1. The van der Waals surface area contributed by atoms with Gasteiger partial charge in [-0.25, -0.2) is 0 Å². The summed E-state index contributed by atoms with van der Waals surface area (Å²) in [6, 6.07) is 18.8. The van der Waals surface area contributed by atoms with Crippen LogP contribution in [0.1, 0.15) is 19.8 Å². The van der Waals surface area contributed by atoms with Crippen LogP contribution in [0.25, 0.3) is 22.0 Å². The van der Waals surface area contributed by atoms with Gasteiger partial charge in [-0.1, -0.05) is 54.6 Å². The number of fused-ring (bicyclic) bond motifs is 1. The average Bonchev–Trinajstić information content (AvgIpc) is 3.59. The third kappa shape index (κ3) is 3.01. The van der Waals surface area contributed by atoms with Gasteiger partial charge >= 0.3 is 0 Å². The zero-order chi connectivity index (χ0) is 19.1. The van der Waals surface area contributed by atoms with Gasteiger partial charge in [-0.2, -0.15) is 0 Å². The first kappa shape index (κ1) is 17.2. The molecular weight excluding hydrogens is 348 g/mol. The lowest BCUT2D eigenvalue weighted by atomic mass is 10.0. The molecule has 5 rings (SSSR count). The first-order valence-electron chi connectivity index (χ1n) is 10.1. The van der Waals surface area contributed by atoms with Crippen LogP contribution in [-0.4, -0.2) is 46.7 Å². The van der Waals surface area contributed by atoms with Crippen LogP contribution in [0.2, 0.25) is 0 Å². The van der Waals surface area contributed by atoms with Crippen LogP contribution in [0.5, 0.6) is 0 Å². The maximum Gasteiger partial charge on any atom is 0.225 e.